The molecule has 1 aliphatic carbocycles. The van der Waals surface area contributed by atoms with E-state index < -0.39 is 5.82 Å². The van der Waals surface area contributed by atoms with Crippen LogP contribution in [0.15, 0.2) is 47.4 Å². The smallest absolute Gasteiger partial charge is 0.255 e. The Kier molecular flexibility index (Phi) is 6.02. The van der Waals surface area contributed by atoms with Crippen molar-refractivity contribution < 1.29 is 9.18 Å². The molecule has 0 unspecified atom stereocenters. The molecule has 0 heterocycles. The SMILES string of the molecule is CC1CCC(Sc2cccc(C(=O)Nc3ccc(F)c(Cl)c3)c2)CC1. The average Bonchev–Trinajstić information content (AvgIpc) is 2.60. The number of amides is 1. The quantitative estimate of drug-likeness (QED) is 0.667. The Labute approximate surface area is 157 Å². The van der Waals surface area contributed by atoms with Crippen molar-refractivity contribution in [3.63, 3.8) is 0 Å². The van der Waals surface area contributed by atoms with Gasteiger partial charge in [0.25, 0.3) is 5.91 Å². The summed E-state index contributed by atoms with van der Waals surface area (Å²) in [5.41, 5.74) is 1.07. The Morgan fingerprint density at radius 2 is 1.92 bits per heavy atom. The number of benzene rings is 2. The van der Waals surface area contributed by atoms with E-state index in [-0.39, 0.29) is 10.9 Å². The lowest BCUT2D eigenvalue weighted by molar-refractivity contribution is 0.102. The van der Waals surface area contributed by atoms with E-state index in [0.29, 0.717) is 16.5 Å². The normalized spacial score (nSPS) is 20.3. The number of hydrogen-bond donors (Lipinski definition) is 1. The molecule has 1 aliphatic rings. The van der Waals surface area contributed by atoms with Crippen LogP contribution in [0, 0.1) is 11.7 Å². The molecule has 0 bridgehead atoms. The van der Waals surface area contributed by atoms with Crippen LogP contribution >= 0.6 is 23.4 Å². The van der Waals surface area contributed by atoms with Crippen LogP contribution in [0.3, 0.4) is 0 Å². The molecule has 1 fully saturated rings. The number of nitrogens with one attached hydrogen (secondary N) is 1. The van der Waals surface area contributed by atoms with Gasteiger partial charge in [-0.2, -0.15) is 0 Å². The fourth-order valence-electron chi connectivity index (χ4n) is 3.03. The van der Waals surface area contributed by atoms with Crippen molar-refractivity contribution >= 4 is 35.0 Å². The Morgan fingerprint density at radius 1 is 1.16 bits per heavy atom. The van der Waals surface area contributed by atoms with E-state index in [1.54, 1.807) is 6.07 Å². The number of thioether (sulfide) groups is 1. The van der Waals surface area contributed by atoms with E-state index in [1.807, 2.05) is 30.0 Å². The van der Waals surface area contributed by atoms with Gasteiger partial charge < -0.3 is 5.32 Å². The standard InChI is InChI=1S/C20H21ClFNOS/c1-13-5-8-16(9-6-13)25-17-4-2-3-14(11-17)20(24)23-15-7-10-19(22)18(21)12-15/h2-4,7,10-13,16H,5-6,8-9H2,1H3,(H,23,24). The van der Waals surface area contributed by atoms with Crippen LogP contribution in [0.5, 0.6) is 0 Å². The van der Waals surface area contributed by atoms with Gasteiger partial charge in [0, 0.05) is 21.4 Å². The molecule has 2 aromatic carbocycles. The maximum Gasteiger partial charge on any atom is 0.255 e. The summed E-state index contributed by atoms with van der Waals surface area (Å²) < 4.78 is 13.2. The number of hydrogen-bond acceptors (Lipinski definition) is 2. The summed E-state index contributed by atoms with van der Waals surface area (Å²) in [6.45, 7) is 2.31. The first-order chi connectivity index (χ1) is 12.0. The van der Waals surface area contributed by atoms with Gasteiger partial charge in [0.2, 0.25) is 0 Å². The molecule has 2 nitrogen and oxygen atoms in total. The minimum Gasteiger partial charge on any atom is -0.322 e. The van der Waals surface area contributed by atoms with E-state index >= 15 is 0 Å². The zero-order valence-corrected chi connectivity index (χ0v) is 15.7. The van der Waals surface area contributed by atoms with E-state index in [2.05, 4.69) is 12.2 Å². The third kappa shape index (κ3) is 4.99. The first kappa shape index (κ1) is 18.3. The fraction of sp³-hybridized carbons (Fsp3) is 0.350. The number of anilines is 1. The third-order valence-corrected chi connectivity index (χ3v) is 6.16. The average molecular weight is 378 g/mol. The molecule has 132 valence electrons. The zero-order chi connectivity index (χ0) is 17.8. The van der Waals surface area contributed by atoms with Crippen molar-refractivity contribution in [1.82, 2.24) is 0 Å². The second-order valence-corrected chi connectivity index (χ2v) is 8.39. The van der Waals surface area contributed by atoms with Crippen LogP contribution in [0.25, 0.3) is 0 Å². The maximum atomic E-state index is 13.2. The third-order valence-electron chi connectivity index (χ3n) is 4.54. The van der Waals surface area contributed by atoms with Gasteiger partial charge in [-0.15, -0.1) is 11.8 Å². The van der Waals surface area contributed by atoms with E-state index in [4.69, 9.17) is 11.6 Å². The van der Waals surface area contributed by atoms with E-state index in [0.717, 1.165) is 10.8 Å². The minimum atomic E-state index is -0.500. The van der Waals surface area contributed by atoms with E-state index in [1.165, 1.54) is 43.9 Å². The molecule has 0 aliphatic heterocycles. The lowest BCUT2D eigenvalue weighted by atomic mass is 9.91. The highest BCUT2D eigenvalue weighted by molar-refractivity contribution is 8.00. The van der Waals surface area contributed by atoms with Crippen LogP contribution in [-0.4, -0.2) is 11.2 Å². The molecule has 0 aromatic heterocycles. The maximum absolute atomic E-state index is 13.2. The summed E-state index contributed by atoms with van der Waals surface area (Å²) in [6.07, 6.45) is 5.03. The molecule has 25 heavy (non-hydrogen) atoms. The van der Waals surface area contributed by atoms with Crippen molar-refractivity contribution in [2.75, 3.05) is 5.32 Å². The number of halogens is 2. The molecule has 2 aromatic rings. The minimum absolute atomic E-state index is 0.00590. The van der Waals surface area contributed by atoms with Crippen LogP contribution in [-0.2, 0) is 0 Å². The molecule has 0 saturated heterocycles. The molecular formula is C20H21ClFNOS. The summed E-state index contributed by atoms with van der Waals surface area (Å²) in [4.78, 5) is 13.6. The molecule has 0 spiro atoms. The van der Waals surface area contributed by atoms with Crippen molar-refractivity contribution in [3.05, 3.63) is 58.9 Å². The van der Waals surface area contributed by atoms with Crippen LogP contribution in [0.2, 0.25) is 5.02 Å². The van der Waals surface area contributed by atoms with Gasteiger partial charge in [0.1, 0.15) is 5.82 Å². The van der Waals surface area contributed by atoms with Crippen molar-refractivity contribution in [2.24, 2.45) is 5.92 Å². The lowest BCUT2D eigenvalue weighted by Gasteiger charge is -2.25. The summed E-state index contributed by atoms with van der Waals surface area (Å²) in [6, 6.07) is 11.8. The summed E-state index contributed by atoms with van der Waals surface area (Å²) >= 11 is 7.62. The first-order valence-corrected chi connectivity index (χ1v) is 9.80. The van der Waals surface area contributed by atoms with Crippen molar-refractivity contribution in [1.29, 1.82) is 0 Å². The lowest BCUT2D eigenvalue weighted by Crippen LogP contribution is -2.14. The highest BCUT2D eigenvalue weighted by Gasteiger charge is 2.19. The van der Waals surface area contributed by atoms with Crippen LogP contribution < -0.4 is 5.32 Å². The number of carbonyl (C=O) groups excluding carboxylic acids is 1. The Hall–Kier alpha value is -1.52. The Morgan fingerprint density at radius 3 is 2.64 bits per heavy atom. The predicted octanol–water partition coefficient (Wildman–Crippen LogP) is 6.40. The zero-order valence-electron chi connectivity index (χ0n) is 14.1. The number of rotatable bonds is 4. The van der Waals surface area contributed by atoms with E-state index in [9.17, 15) is 9.18 Å². The molecule has 1 N–H and O–H groups in total. The first-order valence-electron chi connectivity index (χ1n) is 8.54. The molecule has 0 radical (unpaired) electrons. The van der Waals surface area contributed by atoms with Gasteiger partial charge in [-0.05, 0) is 68.0 Å². The molecule has 0 atom stereocenters. The summed E-state index contributed by atoms with van der Waals surface area (Å²) in [5, 5.41) is 3.39. The molecule has 1 amide bonds. The predicted molar refractivity (Wildman–Crippen MR) is 103 cm³/mol. The van der Waals surface area contributed by atoms with Gasteiger partial charge in [0.05, 0.1) is 5.02 Å². The Balaban J connectivity index is 1.65. The number of carbonyl (C=O) groups is 1. The highest BCUT2D eigenvalue weighted by atomic mass is 35.5. The van der Waals surface area contributed by atoms with Gasteiger partial charge in [-0.3, -0.25) is 4.79 Å². The molecule has 3 rings (SSSR count). The second-order valence-electron chi connectivity index (χ2n) is 6.61. The molecular weight excluding hydrogens is 357 g/mol. The monoisotopic (exact) mass is 377 g/mol. The van der Waals surface area contributed by atoms with Gasteiger partial charge >= 0.3 is 0 Å². The van der Waals surface area contributed by atoms with Crippen molar-refractivity contribution in [2.45, 2.75) is 42.8 Å². The van der Waals surface area contributed by atoms with Crippen LogP contribution in [0.4, 0.5) is 10.1 Å². The van der Waals surface area contributed by atoms with Gasteiger partial charge in [0.15, 0.2) is 0 Å². The summed E-state index contributed by atoms with van der Waals surface area (Å²) in [7, 11) is 0. The van der Waals surface area contributed by atoms with Gasteiger partial charge in [-0.25, -0.2) is 4.39 Å². The van der Waals surface area contributed by atoms with Crippen LogP contribution in [0.1, 0.15) is 43.0 Å². The van der Waals surface area contributed by atoms with Crippen molar-refractivity contribution in [3.8, 4) is 0 Å². The topological polar surface area (TPSA) is 29.1 Å². The van der Waals surface area contributed by atoms with Gasteiger partial charge in [-0.1, -0.05) is 24.6 Å². The second kappa shape index (κ2) is 8.24. The summed E-state index contributed by atoms with van der Waals surface area (Å²) in [5.74, 6) is 0.110. The molecule has 1 saturated carbocycles. The Bertz CT molecular complexity index is 759. The largest absolute Gasteiger partial charge is 0.322 e. The fourth-order valence-corrected chi connectivity index (χ4v) is 4.45. The molecule has 5 heteroatoms. The highest BCUT2D eigenvalue weighted by Crippen LogP contribution is 2.36.